The summed E-state index contributed by atoms with van der Waals surface area (Å²) in [6.07, 6.45) is 1.45. The van der Waals surface area contributed by atoms with Crippen LogP contribution in [0.5, 0.6) is 5.88 Å². The third-order valence-electron chi connectivity index (χ3n) is 3.80. The first-order valence-corrected chi connectivity index (χ1v) is 9.00. The molecule has 0 atom stereocenters. The van der Waals surface area contributed by atoms with E-state index in [1.807, 2.05) is 0 Å². The van der Waals surface area contributed by atoms with Crippen molar-refractivity contribution < 1.29 is 32.6 Å². The van der Waals surface area contributed by atoms with E-state index in [-0.39, 0.29) is 28.6 Å². The highest BCUT2D eigenvalue weighted by molar-refractivity contribution is 7.11. The van der Waals surface area contributed by atoms with Crippen LogP contribution in [0.4, 0.5) is 18.6 Å². The summed E-state index contributed by atoms with van der Waals surface area (Å²) in [6.45, 7) is 1.08. The zero-order valence-electron chi connectivity index (χ0n) is 15.0. The molecule has 0 bridgehead atoms. The lowest BCUT2D eigenvalue weighted by Gasteiger charge is -2.08. The smallest absolute Gasteiger partial charge is 0.344 e. The first-order chi connectivity index (χ1) is 13.8. The van der Waals surface area contributed by atoms with E-state index in [1.165, 1.54) is 13.2 Å². The number of aromatic nitrogens is 1. The predicted octanol–water partition coefficient (Wildman–Crippen LogP) is 3.92. The van der Waals surface area contributed by atoms with Gasteiger partial charge in [0.15, 0.2) is 5.56 Å². The van der Waals surface area contributed by atoms with Crippen LogP contribution in [0.15, 0.2) is 34.9 Å². The van der Waals surface area contributed by atoms with Crippen molar-refractivity contribution in [2.24, 2.45) is 0 Å². The number of nitrogens with one attached hydrogen (secondary N) is 2. The molecule has 2 heterocycles. The molecule has 11 heteroatoms. The minimum atomic E-state index is -1.40. The number of carbonyl (C=O) groups excluding carboxylic acids is 1. The Hall–Kier alpha value is -3.47. The Balaban J connectivity index is 1.69. The topological polar surface area (TPSA) is 114 Å². The largest absolute Gasteiger partial charge is 0.477 e. The number of benzene rings is 1. The summed E-state index contributed by atoms with van der Waals surface area (Å²) in [5.74, 6) is -2.50. The van der Waals surface area contributed by atoms with Gasteiger partial charge in [-0.25, -0.2) is 18.4 Å². The molecule has 0 saturated heterocycles. The monoisotopic (exact) mass is 423 g/mol. The first-order valence-electron chi connectivity index (χ1n) is 8.22. The Bertz CT molecular complexity index is 1040. The number of amides is 2. The summed E-state index contributed by atoms with van der Waals surface area (Å²) in [4.78, 5) is 23.5. The van der Waals surface area contributed by atoms with E-state index in [0.717, 1.165) is 12.1 Å². The van der Waals surface area contributed by atoms with Gasteiger partial charge in [0.05, 0.1) is 12.8 Å². The van der Waals surface area contributed by atoms with Gasteiger partial charge in [-0.05, 0) is 48.3 Å². The van der Waals surface area contributed by atoms with E-state index in [4.69, 9.17) is 9.15 Å². The number of carboxylic acid groups (broad SMARTS) is 1. The van der Waals surface area contributed by atoms with E-state index in [9.17, 15) is 23.5 Å². The second kappa shape index (κ2) is 8.69. The number of aryl methyl sites for hydroxylation is 1. The maximum absolute atomic E-state index is 13.9. The lowest BCUT2D eigenvalue weighted by atomic mass is 10.1. The molecule has 2 amide bonds. The van der Waals surface area contributed by atoms with Gasteiger partial charge in [0.2, 0.25) is 5.88 Å². The molecule has 0 unspecified atom stereocenters. The van der Waals surface area contributed by atoms with E-state index in [2.05, 4.69) is 15.0 Å². The fraction of sp³-hybridized carbons (Fsp3) is 0.167. The molecule has 0 aliphatic heterocycles. The van der Waals surface area contributed by atoms with Crippen LogP contribution in [0.25, 0.3) is 0 Å². The number of carboxylic acids is 1. The highest BCUT2D eigenvalue weighted by atomic mass is 32.1. The van der Waals surface area contributed by atoms with Crippen LogP contribution in [0, 0.1) is 18.6 Å². The van der Waals surface area contributed by atoms with Crippen molar-refractivity contribution in [3.8, 4) is 5.88 Å². The number of carbonyl (C=O) groups is 2. The Labute approximate surface area is 167 Å². The van der Waals surface area contributed by atoms with Gasteiger partial charge < -0.3 is 19.6 Å². The van der Waals surface area contributed by atoms with Gasteiger partial charge in [0.25, 0.3) is 0 Å². The third kappa shape index (κ3) is 4.88. The van der Waals surface area contributed by atoms with E-state index in [0.29, 0.717) is 17.3 Å². The van der Waals surface area contributed by atoms with Crippen LogP contribution in [-0.2, 0) is 13.2 Å². The van der Waals surface area contributed by atoms with Crippen molar-refractivity contribution in [3.63, 3.8) is 0 Å². The normalized spacial score (nSPS) is 10.6. The molecule has 1 aromatic carbocycles. The van der Waals surface area contributed by atoms with Crippen LogP contribution in [0.3, 0.4) is 0 Å². The number of furan rings is 1. The number of hydrogen-bond acceptors (Lipinski definition) is 6. The summed E-state index contributed by atoms with van der Waals surface area (Å²) in [7, 11) is 0. The number of aromatic carboxylic acids is 1. The van der Waals surface area contributed by atoms with Crippen LogP contribution < -0.4 is 15.4 Å². The molecule has 2 aromatic heterocycles. The summed E-state index contributed by atoms with van der Waals surface area (Å²) in [5.41, 5.74) is -0.350. The van der Waals surface area contributed by atoms with Crippen LogP contribution in [0.1, 0.15) is 27.2 Å². The SMILES string of the molecule is Cc1cc(F)c(COc2nsc(NC(=O)NCc3ccco3)c2C(=O)O)cc1F. The van der Waals surface area contributed by atoms with Crippen LogP contribution >= 0.6 is 11.5 Å². The highest BCUT2D eigenvalue weighted by Gasteiger charge is 2.24. The molecule has 0 spiro atoms. The van der Waals surface area contributed by atoms with Gasteiger partial charge in [-0.15, -0.1) is 0 Å². The number of rotatable bonds is 7. The molecule has 3 N–H and O–H groups in total. The quantitative estimate of drug-likeness (QED) is 0.531. The molecule has 8 nitrogen and oxygen atoms in total. The number of halogens is 2. The van der Waals surface area contributed by atoms with Crippen LogP contribution in [0.2, 0.25) is 0 Å². The highest BCUT2D eigenvalue weighted by Crippen LogP contribution is 2.31. The van der Waals surface area contributed by atoms with Crippen molar-refractivity contribution in [3.05, 3.63) is 64.6 Å². The molecule has 3 aromatic rings. The van der Waals surface area contributed by atoms with Crippen molar-refractivity contribution in [1.82, 2.24) is 9.69 Å². The van der Waals surface area contributed by atoms with E-state index >= 15 is 0 Å². The lowest BCUT2D eigenvalue weighted by Crippen LogP contribution is -2.28. The van der Waals surface area contributed by atoms with E-state index in [1.54, 1.807) is 12.1 Å². The molecule has 29 heavy (non-hydrogen) atoms. The zero-order valence-corrected chi connectivity index (χ0v) is 15.8. The van der Waals surface area contributed by atoms with Gasteiger partial charge >= 0.3 is 12.0 Å². The fourth-order valence-corrected chi connectivity index (χ4v) is 3.04. The first kappa shape index (κ1) is 20.3. The summed E-state index contributed by atoms with van der Waals surface area (Å²) < 4.78 is 41.7. The minimum Gasteiger partial charge on any atom is -0.477 e. The molecular weight excluding hydrogens is 408 g/mol. The number of anilines is 1. The minimum absolute atomic E-state index is 0.0694. The number of hydrogen-bond donors (Lipinski definition) is 3. The Kier molecular flexibility index (Phi) is 6.07. The van der Waals surface area contributed by atoms with E-state index < -0.39 is 35.8 Å². The number of urea groups is 1. The molecule has 0 saturated carbocycles. The van der Waals surface area contributed by atoms with Crippen molar-refractivity contribution >= 4 is 28.5 Å². The summed E-state index contributed by atoms with van der Waals surface area (Å²) in [5, 5.41) is 14.2. The molecular formula is C18H15F2N3O5S. The molecule has 0 aliphatic carbocycles. The van der Waals surface area contributed by atoms with Crippen molar-refractivity contribution in [2.75, 3.05) is 5.32 Å². The predicted molar refractivity (Wildman–Crippen MR) is 99.1 cm³/mol. The fourth-order valence-electron chi connectivity index (χ4n) is 2.32. The standard InChI is InChI=1S/C18H15F2N3O5S/c1-9-5-13(20)10(6-12(9)19)8-28-15-14(17(24)25)16(29-23-15)22-18(26)21-7-11-3-2-4-27-11/h2-6H,7-8H2,1H3,(H,24,25)(H2,21,22,26). The van der Waals surface area contributed by atoms with Gasteiger partial charge in [-0.1, -0.05) is 0 Å². The molecule has 0 fully saturated rings. The molecule has 0 aliphatic rings. The second-order valence-electron chi connectivity index (χ2n) is 5.87. The average molecular weight is 423 g/mol. The molecule has 0 radical (unpaired) electrons. The van der Waals surface area contributed by atoms with Gasteiger partial charge in [-0.2, -0.15) is 4.37 Å². The Morgan fingerprint density at radius 1 is 1.31 bits per heavy atom. The zero-order chi connectivity index (χ0) is 21.0. The maximum Gasteiger partial charge on any atom is 0.344 e. The number of ether oxygens (including phenoxy) is 1. The third-order valence-corrected chi connectivity index (χ3v) is 4.54. The maximum atomic E-state index is 13.9. The Morgan fingerprint density at radius 3 is 2.79 bits per heavy atom. The second-order valence-corrected chi connectivity index (χ2v) is 6.64. The van der Waals surface area contributed by atoms with Gasteiger partial charge in [-0.3, -0.25) is 5.32 Å². The molecule has 152 valence electrons. The number of nitrogens with zero attached hydrogens (tertiary/aromatic N) is 1. The Morgan fingerprint density at radius 2 is 2.10 bits per heavy atom. The molecule has 3 rings (SSSR count). The van der Waals surface area contributed by atoms with Crippen molar-refractivity contribution in [2.45, 2.75) is 20.1 Å². The summed E-state index contributed by atoms with van der Waals surface area (Å²) in [6, 6.07) is 4.63. The van der Waals surface area contributed by atoms with Gasteiger partial charge in [0, 0.05) is 5.56 Å². The van der Waals surface area contributed by atoms with Gasteiger partial charge in [0.1, 0.15) is 29.0 Å². The van der Waals surface area contributed by atoms with Crippen LogP contribution in [-0.4, -0.2) is 21.5 Å². The average Bonchev–Trinajstić information content (AvgIpc) is 3.31. The summed E-state index contributed by atoms with van der Waals surface area (Å²) >= 11 is 0.682. The van der Waals surface area contributed by atoms with Crippen molar-refractivity contribution in [1.29, 1.82) is 0 Å². The lowest BCUT2D eigenvalue weighted by molar-refractivity contribution is 0.0693.